The minimum absolute atomic E-state index is 0.349. The average molecular weight is 335 g/mol. The highest BCUT2D eigenvalue weighted by molar-refractivity contribution is 7.91. The SMILES string of the molecule is CN(C(=O)c1cc(F)c(F)c(F)c1)[C@@H]1CCC[C@@H]1S(C)(=O)=O. The Balaban J connectivity index is 2.30. The van der Waals surface area contributed by atoms with E-state index < -0.39 is 44.5 Å². The molecule has 1 aromatic carbocycles. The zero-order chi connectivity index (χ0) is 16.7. The fourth-order valence-corrected chi connectivity index (χ4v) is 4.37. The smallest absolute Gasteiger partial charge is 0.254 e. The third kappa shape index (κ3) is 3.11. The lowest BCUT2D eigenvalue weighted by Gasteiger charge is -2.29. The molecule has 1 amide bonds. The lowest BCUT2D eigenvalue weighted by atomic mass is 10.1. The van der Waals surface area contributed by atoms with Gasteiger partial charge in [-0.05, 0) is 31.4 Å². The Morgan fingerprint density at radius 2 is 1.73 bits per heavy atom. The maximum atomic E-state index is 13.2. The molecule has 0 heterocycles. The second-order valence-corrected chi connectivity index (χ2v) is 7.80. The summed E-state index contributed by atoms with van der Waals surface area (Å²) in [5, 5.41) is -0.698. The number of hydrogen-bond donors (Lipinski definition) is 0. The fraction of sp³-hybridized carbons (Fsp3) is 0.500. The van der Waals surface area contributed by atoms with Gasteiger partial charge in [0.2, 0.25) is 0 Å². The van der Waals surface area contributed by atoms with E-state index in [4.69, 9.17) is 0 Å². The van der Waals surface area contributed by atoms with E-state index in [1.165, 1.54) is 11.9 Å². The number of hydrogen-bond acceptors (Lipinski definition) is 3. The van der Waals surface area contributed by atoms with E-state index in [0.717, 1.165) is 6.26 Å². The molecule has 0 radical (unpaired) electrons. The van der Waals surface area contributed by atoms with Crippen molar-refractivity contribution in [2.45, 2.75) is 30.6 Å². The van der Waals surface area contributed by atoms with Crippen LogP contribution >= 0.6 is 0 Å². The quantitative estimate of drug-likeness (QED) is 0.795. The van der Waals surface area contributed by atoms with Gasteiger partial charge >= 0.3 is 0 Å². The largest absolute Gasteiger partial charge is 0.337 e. The van der Waals surface area contributed by atoms with Crippen molar-refractivity contribution in [2.24, 2.45) is 0 Å². The molecule has 1 aromatic rings. The minimum Gasteiger partial charge on any atom is -0.337 e. The Morgan fingerprint density at radius 3 is 2.23 bits per heavy atom. The zero-order valence-corrected chi connectivity index (χ0v) is 13.0. The first-order valence-corrected chi connectivity index (χ1v) is 8.69. The van der Waals surface area contributed by atoms with Gasteiger partial charge in [0, 0.05) is 24.9 Å². The molecule has 1 saturated carbocycles. The van der Waals surface area contributed by atoms with Crippen LogP contribution in [0, 0.1) is 17.5 Å². The number of amides is 1. The molecule has 0 unspecified atom stereocenters. The molecule has 0 spiro atoms. The molecule has 1 aliphatic carbocycles. The predicted octanol–water partition coefficient (Wildman–Crippen LogP) is 2.14. The third-order valence-corrected chi connectivity index (χ3v) is 5.67. The molecule has 0 aliphatic heterocycles. The predicted molar refractivity (Wildman–Crippen MR) is 74.7 cm³/mol. The Morgan fingerprint density at radius 1 is 1.18 bits per heavy atom. The van der Waals surface area contributed by atoms with Crippen LogP contribution in [-0.4, -0.2) is 43.8 Å². The summed E-state index contributed by atoms with van der Waals surface area (Å²) in [6.45, 7) is 0. The van der Waals surface area contributed by atoms with Crippen LogP contribution in [0.15, 0.2) is 12.1 Å². The fourth-order valence-electron chi connectivity index (χ4n) is 2.88. The minimum atomic E-state index is -3.34. The van der Waals surface area contributed by atoms with Crippen molar-refractivity contribution in [1.29, 1.82) is 0 Å². The van der Waals surface area contributed by atoms with E-state index >= 15 is 0 Å². The summed E-state index contributed by atoms with van der Waals surface area (Å²) in [6.07, 6.45) is 2.68. The Bertz CT molecular complexity index is 682. The Labute approximate surface area is 126 Å². The molecule has 2 atom stereocenters. The van der Waals surface area contributed by atoms with Gasteiger partial charge in [0.25, 0.3) is 5.91 Å². The van der Waals surface area contributed by atoms with Gasteiger partial charge < -0.3 is 4.90 Å². The van der Waals surface area contributed by atoms with Crippen molar-refractivity contribution in [1.82, 2.24) is 4.90 Å². The van der Waals surface area contributed by atoms with Crippen molar-refractivity contribution < 1.29 is 26.4 Å². The van der Waals surface area contributed by atoms with Gasteiger partial charge in [0.05, 0.1) is 5.25 Å². The van der Waals surface area contributed by atoms with Crippen molar-refractivity contribution in [3.8, 4) is 0 Å². The highest BCUT2D eigenvalue weighted by atomic mass is 32.2. The lowest BCUT2D eigenvalue weighted by Crippen LogP contribution is -2.44. The van der Waals surface area contributed by atoms with Crippen LogP contribution in [0.4, 0.5) is 13.2 Å². The van der Waals surface area contributed by atoms with Gasteiger partial charge in [0.1, 0.15) is 0 Å². The number of carbonyl (C=O) groups is 1. The van der Waals surface area contributed by atoms with E-state index in [0.29, 0.717) is 31.4 Å². The number of rotatable bonds is 3. The summed E-state index contributed by atoms with van der Waals surface area (Å²) in [5.74, 6) is -5.29. The van der Waals surface area contributed by atoms with E-state index in [1.807, 2.05) is 0 Å². The molecule has 2 rings (SSSR count). The number of carbonyl (C=O) groups excluding carboxylic acids is 1. The van der Waals surface area contributed by atoms with Crippen LogP contribution in [0.2, 0.25) is 0 Å². The highest BCUT2D eigenvalue weighted by Gasteiger charge is 2.39. The number of sulfone groups is 1. The Hall–Kier alpha value is -1.57. The molecule has 0 N–H and O–H groups in total. The standard InChI is InChI=1S/C14H16F3NO3S/c1-18(11-4-3-5-12(11)22(2,20)21)14(19)8-6-9(15)13(17)10(16)7-8/h6-7,11-12H,3-5H2,1-2H3/t11-,12+/m1/s1. The summed E-state index contributed by atoms with van der Waals surface area (Å²) in [6, 6.07) is 0.669. The average Bonchev–Trinajstić information content (AvgIpc) is 2.92. The van der Waals surface area contributed by atoms with Crippen molar-refractivity contribution in [2.75, 3.05) is 13.3 Å². The summed E-state index contributed by atoms with van der Waals surface area (Å²) >= 11 is 0. The zero-order valence-electron chi connectivity index (χ0n) is 12.1. The van der Waals surface area contributed by atoms with E-state index in [1.54, 1.807) is 0 Å². The van der Waals surface area contributed by atoms with Crippen LogP contribution in [0.1, 0.15) is 29.6 Å². The Kier molecular flexibility index (Phi) is 4.51. The summed E-state index contributed by atoms with van der Waals surface area (Å²) in [4.78, 5) is 13.5. The summed E-state index contributed by atoms with van der Waals surface area (Å²) in [5.41, 5.74) is -0.349. The first-order valence-electron chi connectivity index (χ1n) is 6.73. The summed E-state index contributed by atoms with van der Waals surface area (Å²) in [7, 11) is -1.95. The molecule has 0 aromatic heterocycles. The maximum absolute atomic E-state index is 13.2. The van der Waals surface area contributed by atoms with Gasteiger partial charge in [-0.2, -0.15) is 0 Å². The maximum Gasteiger partial charge on any atom is 0.254 e. The van der Waals surface area contributed by atoms with Crippen LogP contribution in [-0.2, 0) is 9.84 Å². The summed E-state index contributed by atoms with van der Waals surface area (Å²) < 4.78 is 62.9. The molecule has 0 bridgehead atoms. The van der Waals surface area contributed by atoms with E-state index in [9.17, 15) is 26.4 Å². The number of nitrogens with zero attached hydrogens (tertiary/aromatic N) is 1. The van der Waals surface area contributed by atoms with Crippen molar-refractivity contribution in [3.63, 3.8) is 0 Å². The molecule has 1 fully saturated rings. The highest BCUT2D eigenvalue weighted by Crippen LogP contribution is 2.29. The van der Waals surface area contributed by atoms with Crippen LogP contribution in [0.3, 0.4) is 0 Å². The number of halogens is 3. The molecule has 4 nitrogen and oxygen atoms in total. The van der Waals surface area contributed by atoms with Crippen LogP contribution < -0.4 is 0 Å². The molecule has 1 aliphatic rings. The monoisotopic (exact) mass is 335 g/mol. The molecule has 22 heavy (non-hydrogen) atoms. The van der Waals surface area contributed by atoms with Gasteiger partial charge in [-0.1, -0.05) is 0 Å². The topological polar surface area (TPSA) is 54.5 Å². The molecule has 0 saturated heterocycles. The third-order valence-electron chi connectivity index (χ3n) is 4.02. The van der Waals surface area contributed by atoms with Crippen molar-refractivity contribution >= 4 is 15.7 Å². The van der Waals surface area contributed by atoms with Crippen LogP contribution in [0.5, 0.6) is 0 Å². The first kappa shape index (κ1) is 16.8. The number of benzene rings is 1. The lowest BCUT2D eigenvalue weighted by molar-refractivity contribution is 0.0736. The molecule has 122 valence electrons. The normalized spacial score (nSPS) is 21.9. The van der Waals surface area contributed by atoms with Gasteiger partial charge in [-0.15, -0.1) is 0 Å². The van der Waals surface area contributed by atoms with Gasteiger partial charge in [-0.3, -0.25) is 4.79 Å². The van der Waals surface area contributed by atoms with Crippen molar-refractivity contribution in [3.05, 3.63) is 35.1 Å². The van der Waals surface area contributed by atoms with Crippen LogP contribution in [0.25, 0.3) is 0 Å². The molecular weight excluding hydrogens is 319 g/mol. The van der Waals surface area contributed by atoms with E-state index in [2.05, 4.69) is 0 Å². The van der Waals surface area contributed by atoms with Gasteiger partial charge in [-0.25, -0.2) is 21.6 Å². The molecular formula is C14H16F3NO3S. The van der Waals surface area contributed by atoms with Gasteiger partial charge in [0.15, 0.2) is 27.3 Å². The second-order valence-electron chi connectivity index (χ2n) is 5.54. The second kappa shape index (κ2) is 5.91. The molecule has 8 heteroatoms. The first-order chi connectivity index (χ1) is 10.1. The van der Waals surface area contributed by atoms with E-state index in [-0.39, 0.29) is 5.56 Å².